The van der Waals surface area contributed by atoms with Crippen LogP contribution in [0.4, 0.5) is 5.69 Å². The summed E-state index contributed by atoms with van der Waals surface area (Å²) in [7, 11) is 0. The lowest BCUT2D eigenvalue weighted by Crippen LogP contribution is -1.93. The molecule has 4 heteroatoms. The number of pyridine rings is 1. The summed E-state index contributed by atoms with van der Waals surface area (Å²) < 4.78 is 5.40. The number of anilines is 1. The molecule has 1 aromatic heterocycles. The van der Waals surface area contributed by atoms with Crippen LogP contribution in [-0.4, -0.2) is 11.6 Å². The van der Waals surface area contributed by atoms with E-state index in [0.717, 1.165) is 16.9 Å². The highest BCUT2D eigenvalue weighted by Crippen LogP contribution is 2.30. The van der Waals surface area contributed by atoms with E-state index in [1.54, 1.807) is 18.5 Å². The van der Waals surface area contributed by atoms with Gasteiger partial charge in [0.25, 0.3) is 0 Å². The van der Waals surface area contributed by atoms with Crippen LogP contribution in [0.1, 0.15) is 6.92 Å². The van der Waals surface area contributed by atoms with E-state index in [0.29, 0.717) is 17.3 Å². The monoisotopic (exact) mass is 248 g/mol. The molecule has 1 heterocycles. The number of benzene rings is 1. The minimum absolute atomic E-state index is 0.612. The maximum absolute atomic E-state index is 6.14. The number of nitrogen functional groups attached to an aromatic ring is 1. The van der Waals surface area contributed by atoms with E-state index in [9.17, 15) is 0 Å². The summed E-state index contributed by atoms with van der Waals surface area (Å²) in [5.41, 5.74) is 8.12. The summed E-state index contributed by atoms with van der Waals surface area (Å²) in [6.45, 7) is 2.55. The topological polar surface area (TPSA) is 48.1 Å². The summed E-state index contributed by atoms with van der Waals surface area (Å²) in [6.07, 6.45) is 3.43. The van der Waals surface area contributed by atoms with Gasteiger partial charge in [0.1, 0.15) is 5.75 Å². The predicted octanol–water partition coefficient (Wildman–Crippen LogP) is 3.38. The molecule has 2 N–H and O–H groups in total. The van der Waals surface area contributed by atoms with Crippen LogP contribution in [0.25, 0.3) is 11.1 Å². The first-order valence-corrected chi connectivity index (χ1v) is 5.71. The summed E-state index contributed by atoms with van der Waals surface area (Å²) in [5, 5.41) is 0.612. The highest BCUT2D eigenvalue weighted by molar-refractivity contribution is 6.33. The van der Waals surface area contributed by atoms with E-state index in [-0.39, 0.29) is 0 Å². The Bertz CT molecular complexity index is 529. The van der Waals surface area contributed by atoms with Gasteiger partial charge in [0.15, 0.2) is 0 Å². The largest absolute Gasteiger partial charge is 0.492 e. The standard InChI is InChI=1S/C13H13ClN2O/c1-2-17-11-5-9(7-16-8-11)12-4-3-10(15)6-13(12)14/h3-8H,2,15H2,1H3. The summed E-state index contributed by atoms with van der Waals surface area (Å²) in [4.78, 5) is 4.13. The van der Waals surface area contributed by atoms with Crippen LogP contribution in [0.2, 0.25) is 5.02 Å². The van der Waals surface area contributed by atoms with Crippen molar-refractivity contribution in [2.24, 2.45) is 0 Å². The van der Waals surface area contributed by atoms with Gasteiger partial charge in [-0.1, -0.05) is 17.7 Å². The van der Waals surface area contributed by atoms with Crippen LogP contribution in [0, 0.1) is 0 Å². The summed E-state index contributed by atoms with van der Waals surface area (Å²) in [6, 6.07) is 7.33. The van der Waals surface area contributed by atoms with Gasteiger partial charge in [-0.25, -0.2) is 0 Å². The third-order valence-corrected chi connectivity index (χ3v) is 2.64. The summed E-state index contributed by atoms with van der Waals surface area (Å²) in [5.74, 6) is 0.734. The Kier molecular flexibility index (Phi) is 3.49. The number of hydrogen-bond donors (Lipinski definition) is 1. The average molecular weight is 249 g/mol. The van der Waals surface area contributed by atoms with Crippen molar-refractivity contribution in [2.75, 3.05) is 12.3 Å². The lowest BCUT2D eigenvalue weighted by molar-refractivity contribution is 0.339. The quantitative estimate of drug-likeness (QED) is 0.847. The molecule has 3 nitrogen and oxygen atoms in total. The molecule has 2 aromatic rings. The second kappa shape index (κ2) is 5.06. The predicted molar refractivity (Wildman–Crippen MR) is 70.3 cm³/mol. The van der Waals surface area contributed by atoms with E-state index < -0.39 is 0 Å². The molecular formula is C13H13ClN2O. The number of nitrogens with zero attached hydrogens (tertiary/aromatic N) is 1. The third kappa shape index (κ3) is 2.68. The smallest absolute Gasteiger partial charge is 0.138 e. The molecule has 0 saturated heterocycles. The average Bonchev–Trinajstić information content (AvgIpc) is 2.29. The molecule has 0 aliphatic heterocycles. The zero-order chi connectivity index (χ0) is 12.3. The Morgan fingerprint density at radius 2 is 2.12 bits per heavy atom. The third-order valence-electron chi connectivity index (χ3n) is 2.33. The fourth-order valence-corrected chi connectivity index (χ4v) is 1.88. The van der Waals surface area contributed by atoms with Crippen LogP contribution in [0.3, 0.4) is 0 Å². The molecule has 17 heavy (non-hydrogen) atoms. The van der Waals surface area contributed by atoms with Crippen molar-refractivity contribution in [1.82, 2.24) is 4.98 Å². The van der Waals surface area contributed by atoms with Gasteiger partial charge < -0.3 is 10.5 Å². The molecule has 0 aliphatic carbocycles. The Morgan fingerprint density at radius 1 is 1.29 bits per heavy atom. The minimum Gasteiger partial charge on any atom is -0.492 e. The van der Waals surface area contributed by atoms with Crippen LogP contribution in [0.15, 0.2) is 36.7 Å². The number of halogens is 1. The lowest BCUT2D eigenvalue weighted by Gasteiger charge is -2.07. The van der Waals surface area contributed by atoms with Gasteiger partial charge in [0.2, 0.25) is 0 Å². The molecule has 0 fully saturated rings. The van der Waals surface area contributed by atoms with E-state index in [1.165, 1.54) is 0 Å². The van der Waals surface area contributed by atoms with Gasteiger partial charge in [-0.2, -0.15) is 0 Å². The second-order valence-electron chi connectivity index (χ2n) is 3.58. The number of nitrogens with two attached hydrogens (primary N) is 1. The van der Waals surface area contributed by atoms with Gasteiger partial charge in [0.05, 0.1) is 17.8 Å². The van der Waals surface area contributed by atoms with Crippen molar-refractivity contribution in [3.05, 3.63) is 41.7 Å². The molecule has 0 atom stereocenters. The molecule has 0 unspecified atom stereocenters. The zero-order valence-corrected chi connectivity index (χ0v) is 10.2. The molecule has 0 spiro atoms. The zero-order valence-electron chi connectivity index (χ0n) is 9.48. The fourth-order valence-electron chi connectivity index (χ4n) is 1.58. The van der Waals surface area contributed by atoms with Gasteiger partial charge in [-0.3, -0.25) is 4.98 Å². The van der Waals surface area contributed by atoms with Crippen molar-refractivity contribution in [3.8, 4) is 16.9 Å². The molecule has 0 amide bonds. The van der Waals surface area contributed by atoms with Gasteiger partial charge in [-0.15, -0.1) is 0 Å². The molecule has 0 saturated carbocycles. The van der Waals surface area contributed by atoms with Crippen LogP contribution in [-0.2, 0) is 0 Å². The highest BCUT2D eigenvalue weighted by atomic mass is 35.5. The van der Waals surface area contributed by atoms with Crippen LogP contribution in [0.5, 0.6) is 5.75 Å². The van der Waals surface area contributed by atoms with Crippen molar-refractivity contribution in [2.45, 2.75) is 6.92 Å². The molecule has 0 bridgehead atoms. The minimum atomic E-state index is 0.612. The Morgan fingerprint density at radius 3 is 2.82 bits per heavy atom. The van der Waals surface area contributed by atoms with Crippen molar-refractivity contribution in [3.63, 3.8) is 0 Å². The second-order valence-corrected chi connectivity index (χ2v) is 3.99. The van der Waals surface area contributed by atoms with Gasteiger partial charge in [-0.05, 0) is 25.1 Å². The molecule has 2 rings (SSSR count). The maximum atomic E-state index is 6.14. The van der Waals surface area contributed by atoms with Crippen molar-refractivity contribution < 1.29 is 4.74 Å². The number of rotatable bonds is 3. The van der Waals surface area contributed by atoms with E-state index in [1.807, 2.05) is 25.1 Å². The van der Waals surface area contributed by atoms with Gasteiger partial charge >= 0.3 is 0 Å². The lowest BCUT2D eigenvalue weighted by atomic mass is 10.1. The first-order valence-electron chi connectivity index (χ1n) is 5.34. The van der Waals surface area contributed by atoms with Crippen molar-refractivity contribution in [1.29, 1.82) is 0 Å². The van der Waals surface area contributed by atoms with Crippen molar-refractivity contribution >= 4 is 17.3 Å². The Balaban J connectivity index is 2.42. The first-order chi connectivity index (χ1) is 8.20. The number of ether oxygens (including phenoxy) is 1. The molecule has 1 aromatic carbocycles. The van der Waals surface area contributed by atoms with Crippen LogP contribution < -0.4 is 10.5 Å². The maximum Gasteiger partial charge on any atom is 0.138 e. The number of hydrogen-bond acceptors (Lipinski definition) is 3. The van der Waals surface area contributed by atoms with Gasteiger partial charge in [0, 0.05) is 23.0 Å². The normalized spacial score (nSPS) is 10.2. The molecular weight excluding hydrogens is 236 g/mol. The Hall–Kier alpha value is -1.74. The Labute approximate surface area is 105 Å². The first kappa shape index (κ1) is 11.7. The fraction of sp³-hybridized carbons (Fsp3) is 0.154. The van der Waals surface area contributed by atoms with E-state index in [2.05, 4.69) is 4.98 Å². The molecule has 88 valence electrons. The number of aromatic nitrogens is 1. The SMILES string of the molecule is CCOc1cncc(-c2ccc(N)cc2Cl)c1. The van der Waals surface area contributed by atoms with Crippen LogP contribution >= 0.6 is 11.6 Å². The highest BCUT2D eigenvalue weighted by Gasteiger charge is 2.05. The van der Waals surface area contributed by atoms with E-state index in [4.69, 9.17) is 22.1 Å². The molecule has 0 aliphatic rings. The molecule has 0 radical (unpaired) electrons. The summed E-state index contributed by atoms with van der Waals surface area (Å²) >= 11 is 6.14. The van der Waals surface area contributed by atoms with E-state index >= 15 is 0 Å².